The van der Waals surface area contributed by atoms with Crippen LogP contribution >= 0.6 is 22.9 Å². The molecule has 1 saturated carbocycles. The van der Waals surface area contributed by atoms with Crippen molar-refractivity contribution in [2.75, 3.05) is 18.4 Å². The molecule has 0 unspecified atom stereocenters. The van der Waals surface area contributed by atoms with Crippen LogP contribution in [0.3, 0.4) is 0 Å². The summed E-state index contributed by atoms with van der Waals surface area (Å²) >= 11 is 8.06. The summed E-state index contributed by atoms with van der Waals surface area (Å²) in [5, 5.41) is 7.26. The highest BCUT2D eigenvalue weighted by Gasteiger charge is 2.49. The molecule has 7 rings (SSSR count). The van der Waals surface area contributed by atoms with E-state index < -0.39 is 5.66 Å². The van der Waals surface area contributed by atoms with E-state index in [2.05, 4.69) is 20.6 Å². The third kappa shape index (κ3) is 3.09. The highest BCUT2D eigenvalue weighted by atomic mass is 35.5. The number of aromatic nitrogens is 3. The zero-order chi connectivity index (χ0) is 24.8. The Labute approximate surface area is 214 Å². The van der Waals surface area contributed by atoms with E-state index >= 15 is 0 Å². The number of anilines is 2. The molecule has 2 fully saturated rings. The molecule has 1 spiro atoms. The number of thiophene rings is 1. The Morgan fingerprint density at radius 2 is 2.08 bits per heavy atom. The minimum Gasteiger partial charge on any atom is -0.339 e. The van der Waals surface area contributed by atoms with Gasteiger partial charge in [-0.05, 0) is 50.2 Å². The summed E-state index contributed by atoms with van der Waals surface area (Å²) in [4.78, 5) is 51.7. The van der Waals surface area contributed by atoms with E-state index in [-0.39, 0.29) is 45.7 Å². The maximum atomic E-state index is 13.5. The van der Waals surface area contributed by atoms with Gasteiger partial charge in [-0.3, -0.25) is 19.0 Å². The Morgan fingerprint density at radius 1 is 1.28 bits per heavy atom. The fraction of sp³-hybridized carbons (Fsp3) is 0.458. The molecule has 0 radical (unpaired) electrons. The molecule has 186 valence electrons. The number of nitrogens with zero attached hydrogens (tertiary/aromatic N) is 4. The number of pyridine rings is 1. The first kappa shape index (κ1) is 22.2. The quantitative estimate of drug-likeness (QED) is 0.476. The number of hydrogen-bond acceptors (Lipinski definition) is 8. The number of carbonyl (C=O) groups is 2. The van der Waals surface area contributed by atoms with E-state index in [4.69, 9.17) is 17.3 Å². The molecule has 36 heavy (non-hydrogen) atoms. The van der Waals surface area contributed by atoms with Crippen molar-refractivity contribution in [3.63, 3.8) is 0 Å². The normalized spacial score (nSPS) is 22.1. The molecule has 0 aromatic carbocycles. The van der Waals surface area contributed by atoms with Gasteiger partial charge in [0.15, 0.2) is 0 Å². The summed E-state index contributed by atoms with van der Waals surface area (Å²) in [6.07, 6.45) is 5.96. The molecule has 2 amide bonds. The molecule has 5 heterocycles. The fourth-order valence-corrected chi connectivity index (χ4v) is 7.52. The van der Waals surface area contributed by atoms with Crippen LogP contribution < -0.4 is 21.9 Å². The van der Waals surface area contributed by atoms with Gasteiger partial charge in [0, 0.05) is 29.9 Å². The highest BCUT2D eigenvalue weighted by molar-refractivity contribution is 7.19. The molecular formula is C24H24ClN7O3S. The van der Waals surface area contributed by atoms with Crippen molar-refractivity contribution in [3.05, 3.63) is 43.9 Å². The summed E-state index contributed by atoms with van der Waals surface area (Å²) in [5.74, 6) is 0.345. The van der Waals surface area contributed by atoms with Crippen LogP contribution in [0, 0.1) is 5.92 Å². The third-order valence-electron chi connectivity index (χ3n) is 7.99. The predicted octanol–water partition coefficient (Wildman–Crippen LogP) is 2.10. The lowest BCUT2D eigenvalue weighted by Gasteiger charge is -2.39. The number of amides is 2. The van der Waals surface area contributed by atoms with E-state index in [0.29, 0.717) is 38.2 Å². The number of fused-ring (bicyclic) bond motifs is 5. The molecule has 3 aromatic heterocycles. The molecule has 1 saturated heterocycles. The van der Waals surface area contributed by atoms with E-state index in [1.165, 1.54) is 17.0 Å². The largest absolute Gasteiger partial charge is 0.339 e. The van der Waals surface area contributed by atoms with Crippen molar-refractivity contribution in [2.45, 2.75) is 50.2 Å². The van der Waals surface area contributed by atoms with Gasteiger partial charge in [-0.25, -0.2) is 9.97 Å². The second kappa shape index (κ2) is 7.74. The molecular weight excluding hydrogens is 502 g/mol. The number of nitrogens with one attached hydrogen (secondary N) is 2. The molecule has 4 N–H and O–H groups in total. The van der Waals surface area contributed by atoms with Gasteiger partial charge in [-0.2, -0.15) is 0 Å². The summed E-state index contributed by atoms with van der Waals surface area (Å²) in [6, 6.07) is 1.60. The molecule has 2 aliphatic carbocycles. The Hall–Kier alpha value is -3.02. The zero-order valence-electron chi connectivity index (χ0n) is 19.3. The minimum absolute atomic E-state index is 0.0497. The molecule has 4 aliphatic rings. The molecule has 2 aliphatic heterocycles. The van der Waals surface area contributed by atoms with E-state index in [1.807, 2.05) is 4.90 Å². The average molecular weight is 526 g/mol. The topological polar surface area (TPSA) is 135 Å². The number of hydrogen-bond donors (Lipinski definition) is 3. The van der Waals surface area contributed by atoms with Gasteiger partial charge in [0.2, 0.25) is 5.91 Å². The molecule has 1 atom stereocenters. The number of rotatable bonds is 3. The zero-order valence-corrected chi connectivity index (χ0v) is 20.9. The predicted molar refractivity (Wildman–Crippen MR) is 136 cm³/mol. The Morgan fingerprint density at radius 3 is 2.81 bits per heavy atom. The van der Waals surface area contributed by atoms with Gasteiger partial charge < -0.3 is 21.3 Å². The third-order valence-corrected chi connectivity index (χ3v) is 9.44. The van der Waals surface area contributed by atoms with Crippen LogP contribution in [0.5, 0.6) is 0 Å². The van der Waals surface area contributed by atoms with Crippen LogP contribution in [0.4, 0.5) is 11.5 Å². The maximum absolute atomic E-state index is 13.5. The minimum atomic E-state index is -0.685. The average Bonchev–Trinajstić information content (AvgIpc) is 3.35. The van der Waals surface area contributed by atoms with Gasteiger partial charge in [0.1, 0.15) is 34.0 Å². The Balaban J connectivity index is 1.24. The number of carbonyl (C=O) groups excluding carboxylic acids is 2. The molecule has 0 bridgehead atoms. The Kier molecular flexibility index (Phi) is 4.77. The smallest absolute Gasteiger partial charge is 0.276 e. The van der Waals surface area contributed by atoms with Crippen molar-refractivity contribution in [2.24, 2.45) is 11.7 Å². The molecule has 12 heteroatoms. The van der Waals surface area contributed by atoms with Crippen molar-refractivity contribution in [1.29, 1.82) is 0 Å². The van der Waals surface area contributed by atoms with Gasteiger partial charge in [-0.15, -0.1) is 11.3 Å². The lowest BCUT2D eigenvalue weighted by Crippen LogP contribution is -2.59. The van der Waals surface area contributed by atoms with Crippen molar-refractivity contribution < 1.29 is 9.59 Å². The highest BCUT2D eigenvalue weighted by Crippen LogP contribution is 2.43. The van der Waals surface area contributed by atoms with Crippen LogP contribution in [0.2, 0.25) is 5.02 Å². The van der Waals surface area contributed by atoms with Crippen LogP contribution in [0.15, 0.2) is 17.2 Å². The standard InChI is InChI=1S/C24H24ClN7O3S/c25-14-7-15(23(35)32-18(14)20(33)30-24(32)4-1-5-24)29-19-17-13-3-2-11(22(34)31-8-12(26)9-31)6-16(13)36-21(17)28-10-27-19/h7,10-12H,1-6,8-9,26H2,(H,30,33)(H,27,28,29)/t11-/m0/s1. The van der Waals surface area contributed by atoms with Gasteiger partial charge in [-0.1, -0.05) is 11.6 Å². The summed E-state index contributed by atoms with van der Waals surface area (Å²) in [6.45, 7) is 1.27. The summed E-state index contributed by atoms with van der Waals surface area (Å²) in [7, 11) is 0. The molecule has 10 nitrogen and oxygen atoms in total. The number of likely N-dealkylation sites (tertiary alicyclic amines) is 1. The summed E-state index contributed by atoms with van der Waals surface area (Å²) < 4.78 is 1.52. The maximum Gasteiger partial charge on any atom is 0.276 e. The molecule has 3 aromatic rings. The SMILES string of the molecule is NC1CN(C(=O)[C@H]2CCc3c(sc4ncnc(Nc5cc(Cl)c6n(c5=O)C5(CCC5)NC6=O)c34)C2)C1. The van der Waals surface area contributed by atoms with Crippen LogP contribution in [-0.4, -0.2) is 50.4 Å². The Bertz CT molecular complexity index is 1520. The number of aryl methyl sites for hydroxylation is 1. The van der Waals surface area contributed by atoms with Crippen LogP contribution in [0.1, 0.15) is 46.6 Å². The number of nitrogens with two attached hydrogens (primary N) is 1. The second-order valence-corrected chi connectivity index (χ2v) is 11.7. The first-order valence-corrected chi connectivity index (χ1v) is 13.4. The lowest BCUT2D eigenvalue weighted by molar-refractivity contribution is -0.140. The van der Waals surface area contributed by atoms with Gasteiger partial charge in [0.25, 0.3) is 11.5 Å². The van der Waals surface area contributed by atoms with Gasteiger partial charge in [0.05, 0.1) is 10.4 Å². The monoisotopic (exact) mass is 525 g/mol. The first-order valence-electron chi connectivity index (χ1n) is 12.2. The number of halogens is 1. The van der Waals surface area contributed by atoms with Crippen LogP contribution in [0.25, 0.3) is 10.2 Å². The van der Waals surface area contributed by atoms with Gasteiger partial charge >= 0.3 is 0 Å². The van der Waals surface area contributed by atoms with Crippen molar-refractivity contribution >= 4 is 56.5 Å². The van der Waals surface area contributed by atoms with Crippen LogP contribution in [-0.2, 0) is 23.3 Å². The summed E-state index contributed by atoms with van der Waals surface area (Å²) in [5.41, 5.74) is 6.48. The lowest BCUT2D eigenvalue weighted by atomic mass is 9.85. The second-order valence-electron chi connectivity index (χ2n) is 10.2. The first-order chi connectivity index (χ1) is 17.3. The fourth-order valence-electron chi connectivity index (χ4n) is 5.97. The van der Waals surface area contributed by atoms with Crippen molar-refractivity contribution in [3.8, 4) is 0 Å². The van der Waals surface area contributed by atoms with E-state index in [1.54, 1.807) is 11.3 Å². The van der Waals surface area contributed by atoms with E-state index in [9.17, 15) is 14.4 Å². The van der Waals surface area contributed by atoms with Crippen molar-refractivity contribution in [1.82, 2.24) is 24.8 Å². The van der Waals surface area contributed by atoms with E-state index in [0.717, 1.165) is 39.9 Å².